The number of ether oxygens (including phenoxy) is 1. The predicted octanol–water partition coefficient (Wildman–Crippen LogP) is 6.88. The van der Waals surface area contributed by atoms with Gasteiger partial charge in [-0.2, -0.15) is 4.90 Å². The Bertz CT molecular complexity index is 2350. The number of methoxy groups -OCH3 is 1. The Morgan fingerprint density at radius 2 is 1.51 bits per heavy atom. The fourth-order valence-electron chi connectivity index (χ4n) is 9.21. The third kappa shape index (κ3) is 7.79. The summed E-state index contributed by atoms with van der Waals surface area (Å²) in [4.78, 5) is 45.8. The van der Waals surface area contributed by atoms with E-state index in [1.807, 2.05) is 91.0 Å². The molecule has 10 nitrogen and oxygen atoms in total. The maximum atomic E-state index is 13.9. The van der Waals surface area contributed by atoms with Crippen molar-refractivity contribution in [3.05, 3.63) is 144 Å². The van der Waals surface area contributed by atoms with Gasteiger partial charge in [-0.15, -0.1) is 0 Å². The molecular weight excluding hydrogens is 761 g/mol. The molecule has 0 spiro atoms. The summed E-state index contributed by atoms with van der Waals surface area (Å²) in [5.74, 6) is -4.29. The lowest BCUT2D eigenvalue weighted by Gasteiger charge is -2.44. The number of hydrogen-bond acceptors (Lipinski definition) is 9. The smallest absolute Gasteiger partial charge is 0.423 e. The molecule has 3 amide bonds. The minimum atomic E-state index is -3.13. The summed E-state index contributed by atoms with van der Waals surface area (Å²) in [6.07, 6.45) is 2.02. The fourth-order valence-corrected chi connectivity index (χ4v) is 13.8. The third-order valence-electron chi connectivity index (χ3n) is 11.9. The van der Waals surface area contributed by atoms with Crippen molar-refractivity contribution in [3.63, 3.8) is 0 Å². The van der Waals surface area contributed by atoms with Crippen molar-refractivity contribution in [1.82, 2.24) is 9.88 Å². The highest BCUT2D eigenvalue weighted by Gasteiger charge is 2.58. The molecule has 1 aliphatic carbocycles. The molecule has 1 saturated heterocycles. The van der Waals surface area contributed by atoms with E-state index >= 15 is 0 Å². The normalized spacial score (nSPS) is 19.3. The summed E-state index contributed by atoms with van der Waals surface area (Å²) in [7, 11) is -2.02. The van der Waals surface area contributed by atoms with Gasteiger partial charge in [0.25, 0.3) is 8.32 Å². The second kappa shape index (κ2) is 17.2. The third-order valence-corrected chi connectivity index (χ3v) is 16.9. The van der Waals surface area contributed by atoms with E-state index in [9.17, 15) is 29.7 Å². The van der Waals surface area contributed by atoms with E-state index in [4.69, 9.17) is 9.16 Å². The van der Waals surface area contributed by atoms with E-state index in [0.717, 1.165) is 34.0 Å². The Morgan fingerprint density at radius 1 is 0.881 bits per heavy atom. The number of likely N-dealkylation sites (tertiary alicyclic amines) is 1. The molecule has 2 aliphatic rings. The van der Waals surface area contributed by atoms with Crippen LogP contribution >= 0.6 is 0 Å². The van der Waals surface area contributed by atoms with Gasteiger partial charge in [-0.3, -0.25) is 14.6 Å². The fraction of sp³-hybridized carbons (Fsp3) is 0.292. The lowest BCUT2D eigenvalue weighted by Crippen LogP contribution is -2.66. The number of phenolic OH excluding ortho intramolecular Hbond substituents is 1. The molecule has 3 N–H and O–H groups in total. The van der Waals surface area contributed by atoms with Crippen LogP contribution < -0.4 is 10.4 Å². The first-order valence-electron chi connectivity index (χ1n) is 20.0. The number of aliphatic hydroxyl groups excluding tert-OH is 2. The number of hydrogen-bond donors (Lipinski definition) is 3. The van der Waals surface area contributed by atoms with E-state index in [1.54, 1.807) is 12.3 Å². The molecule has 0 radical (unpaired) electrons. The zero-order chi connectivity index (χ0) is 41.9. The number of carbonyl (C=O) groups excluding carboxylic acids is 3. The molecule has 0 bridgehead atoms. The molecule has 4 atom stereocenters. The number of nitrogens with zero attached hydrogens (tertiary/aromatic N) is 2. The van der Waals surface area contributed by atoms with Gasteiger partial charge in [0.15, 0.2) is 0 Å². The zero-order valence-electron chi connectivity index (χ0n) is 33.7. The SMILES string of the molecule is COC(=O)N1C(=O)[C@@H]2[C@@H](CC(CO[Si](c3ccccc3)(c3ccccc3)C(C)(C)C)=C([C@H](O)CC/C(=C/c3ccc(O)c4ccccc34)c3ccccn3)[C@@H]2CO)C1=O. The molecule has 11 heteroatoms. The minimum Gasteiger partial charge on any atom is -0.507 e. The van der Waals surface area contributed by atoms with Crippen molar-refractivity contribution in [2.75, 3.05) is 20.3 Å². The minimum absolute atomic E-state index is 0.0154. The Labute approximate surface area is 345 Å². The molecule has 304 valence electrons. The highest BCUT2D eigenvalue weighted by molar-refractivity contribution is 6.99. The van der Waals surface area contributed by atoms with Gasteiger partial charge in [0.1, 0.15) is 5.75 Å². The molecule has 0 saturated carbocycles. The number of rotatable bonds is 12. The van der Waals surface area contributed by atoms with Gasteiger partial charge in [0.2, 0.25) is 11.8 Å². The van der Waals surface area contributed by atoms with Crippen LogP contribution in [0.4, 0.5) is 4.79 Å². The lowest BCUT2D eigenvalue weighted by molar-refractivity contribution is -0.137. The molecular formula is C48H50N2O8Si. The summed E-state index contributed by atoms with van der Waals surface area (Å²) in [5, 5.41) is 37.4. The zero-order valence-corrected chi connectivity index (χ0v) is 34.7. The molecule has 1 aliphatic heterocycles. The summed E-state index contributed by atoms with van der Waals surface area (Å²) in [6.45, 7) is 5.95. The Balaban J connectivity index is 1.32. The average Bonchev–Trinajstić information content (AvgIpc) is 3.51. The number of carbonyl (C=O) groups is 3. The van der Waals surface area contributed by atoms with Gasteiger partial charge < -0.3 is 24.5 Å². The predicted molar refractivity (Wildman–Crippen MR) is 230 cm³/mol. The van der Waals surface area contributed by atoms with E-state index in [-0.39, 0.29) is 30.2 Å². The van der Waals surface area contributed by atoms with E-state index in [2.05, 4.69) is 50.0 Å². The second-order valence-electron chi connectivity index (χ2n) is 16.3. The van der Waals surface area contributed by atoms with Crippen molar-refractivity contribution in [1.29, 1.82) is 0 Å². The van der Waals surface area contributed by atoms with Crippen LogP contribution in [-0.2, 0) is 18.8 Å². The van der Waals surface area contributed by atoms with Crippen LogP contribution in [0.15, 0.2) is 133 Å². The van der Waals surface area contributed by atoms with Gasteiger partial charge in [-0.1, -0.05) is 118 Å². The second-order valence-corrected chi connectivity index (χ2v) is 20.6. The van der Waals surface area contributed by atoms with Crippen LogP contribution in [-0.4, -0.2) is 77.9 Å². The summed E-state index contributed by atoms with van der Waals surface area (Å²) in [6, 6.07) is 36.9. The van der Waals surface area contributed by atoms with E-state index in [0.29, 0.717) is 33.5 Å². The number of fused-ring (bicyclic) bond motifs is 2. The number of pyridine rings is 1. The number of aromatic nitrogens is 1. The Kier molecular flexibility index (Phi) is 12.1. The Morgan fingerprint density at radius 3 is 2.10 bits per heavy atom. The van der Waals surface area contributed by atoms with Crippen molar-refractivity contribution >= 4 is 59.0 Å². The van der Waals surface area contributed by atoms with Crippen molar-refractivity contribution < 1.29 is 38.9 Å². The summed E-state index contributed by atoms with van der Waals surface area (Å²) < 4.78 is 12.2. The van der Waals surface area contributed by atoms with E-state index in [1.165, 1.54) is 0 Å². The number of imide groups is 3. The Hall–Kier alpha value is -5.72. The number of aromatic hydroxyl groups is 1. The molecule has 59 heavy (non-hydrogen) atoms. The number of phenols is 1. The highest BCUT2D eigenvalue weighted by atomic mass is 28.4. The van der Waals surface area contributed by atoms with Crippen LogP contribution in [0.1, 0.15) is 51.3 Å². The van der Waals surface area contributed by atoms with Gasteiger partial charge in [-0.05, 0) is 86.6 Å². The molecule has 1 fully saturated rings. The van der Waals surface area contributed by atoms with Gasteiger partial charge in [0, 0.05) is 17.5 Å². The van der Waals surface area contributed by atoms with Crippen molar-refractivity contribution in [2.24, 2.45) is 17.8 Å². The molecule has 4 aromatic carbocycles. The van der Waals surface area contributed by atoms with E-state index < -0.39 is 56.7 Å². The largest absolute Gasteiger partial charge is 0.507 e. The first-order valence-corrected chi connectivity index (χ1v) is 21.9. The molecule has 7 rings (SSSR count). The van der Waals surface area contributed by atoms with Crippen LogP contribution in [0.2, 0.25) is 5.04 Å². The number of amides is 3. The highest BCUT2D eigenvalue weighted by Crippen LogP contribution is 2.47. The average molecular weight is 811 g/mol. The van der Waals surface area contributed by atoms with Crippen LogP contribution in [0.5, 0.6) is 5.75 Å². The lowest BCUT2D eigenvalue weighted by atomic mass is 9.68. The van der Waals surface area contributed by atoms with Gasteiger partial charge >= 0.3 is 6.09 Å². The molecule has 0 unspecified atom stereocenters. The standard InChI is InChI=1S/C48H50N2O8Si/c1-48(2,3)59(34-15-7-5-8-16-34,35-17-9-6-10-18-35)58-30-33-28-38-44(46(55)50(45(38)54)47(56)57-4)39(29-51)43(33)42(53)25-23-32(40-21-13-14-26-49-40)27-31-22-24-41(52)37-20-12-11-19-36(31)37/h5-22,24,26-27,38-39,42,44,51-53H,23,25,28-30H2,1-4H3/b32-27-/t38-,39+,42-,44-/m1/s1. The van der Waals surface area contributed by atoms with Gasteiger partial charge in [-0.25, -0.2) is 4.79 Å². The van der Waals surface area contributed by atoms with Crippen LogP contribution in [0.25, 0.3) is 22.4 Å². The first-order chi connectivity index (χ1) is 28.4. The molecule has 1 aromatic heterocycles. The number of allylic oxidation sites excluding steroid dienone is 1. The maximum Gasteiger partial charge on any atom is 0.423 e. The summed E-state index contributed by atoms with van der Waals surface area (Å²) in [5.41, 5.74) is 3.44. The van der Waals surface area contributed by atoms with Crippen molar-refractivity contribution in [3.8, 4) is 5.75 Å². The molecule has 5 aromatic rings. The molecule has 2 heterocycles. The van der Waals surface area contributed by atoms with Crippen LogP contribution in [0, 0.1) is 17.8 Å². The van der Waals surface area contributed by atoms with Crippen LogP contribution in [0.3, 0.4) is 0 Å². The number of benzene rings is 4. The monoisotopic (exact) mass is 810 g/mol. The quantitative estimate of drug-likeness (QED) is 0.0698. The number of aliphatic hydroxyl groups is 2. The van der Waals surface area contributed by atoms with Gasteiger partial charge in [0.05, 0.1) is 44.0 Å². The van der Waals surface area contributed by atoms with Crippen molar-refractivity contribution in [2.45, 2.75) is 51.2 Å². The maximum absolute atomic E-state index is 13.9. The summed E-state index contributed by atoms with van der Waals surface area (Å²) >= 11 is 0. The first kappa shape index (κ1) is 41.4. The topological polar surface area (TPSA) is 146 Å².